The maximum atomic E-state index is 13.2. The fraction of sp³-hybridized carbons (Fsp3) is 0.261. The number of benzene rings is 2. The number of anilines is 1. The number of fused-ring (bicyclic) bond motifs is 2. The molecule has 1 aliphatic rings. The molecule has 5 nitrogen and oxygen atoms in total. The number of carbonyl (C=O) groups is 2. The molecule has 0 unspecified atom stereocenters. The van der Waals surface area contributed by atoms with E-state index in [2.05, 4.69) is 5.32 Å². The minimum absolute atomic E-state index is 0.00765. The van der Waals surface area contributed by atoms with Crippen molar-refractivity contribution in [1.29, 1.82) is 0 Å². The standard InChI is InChI=1S/C23H23N3O2/c1-15(27)26(2)14-16-7-5-8-17(13-16)24-23(28)22-18-9-3-4-11-20(18)25-21-12-6-10-19(21)22/h3-5,7-9,11,13H,6,10,12,14H2,1-2H3,(H,24,28). The van der Waals surface area contributed by atoms with E-state index in [9.17, 15) is 9.59 Å². The van der Waals surface area contributed by atoms with Crippen LogP contribution >= 0.6 is 0 Å². The quantitative estimate of drug-likeness (QED) is 0.753. The topological polar surface area (TPSA) is 62.3 Å². The Kier molecular flexibility index (Phi) is 4.82. The maximum Gasteiger partial charge on any atom is 0.256 e. The molecular weight excluding hydrogens is 350 g/mol. The third-order valence-electron chi connectivity index (χ3n) is 5.29. The van der Waals surface area contributed by atoms with E-state index in [0.717, 1.165) is 58.2 Å². The summed E-state index contributed by atoms with van der Waals surface area (Å²) >= 11 is 0. The SMILES string of the molecule is CC(=O)N(C)Cc1cccc(NC(=O)c2c3c(nc4ccccc24)CCC3)c1. The van der Waals surface area contributed by atoms with Gasteiger partial charge >= 0.3 is 0 Å². The summed E-state index contributed by atoms with van der Waals surface area (Å²) in [6, 6.07) is 15.5. The lowest BCUT2D eigenvalue weighted by Gasteiger charge is -2.16. The first-order valence-electron chi connectivity index (χ1n) is 9.55. The highest BCUT2D eigenvalue weighted by Crippen LogP contribution is 2.30. The number of hydrogen-bond acceptors (Lipinski definition) is 3. The Morgan fingerprint density at radius 2 is 1.93 bits per heavy atom. The molecule has 4 rings (SSSR count). The predicted molar refractivity (Wildman–Crippen MR) is 110 cm³/mol. The van der Waals surface area contributed by atoms with E-state index in [1.807, 2.05) is 48.5 Å². The van der Waals surface area contributed by atoms with E-state index in [-0.39, 0.29) is 11.8 Å². The highest BCUT2D eigenvalue weighted by Gasteiger charge is 2.23. The van der Waals surface area contributed by atoms with Gasteiger partial charge in [-0.2, -0.15) is 0 Å². The fourth-order valence-corrected chi connectivity index (χ4v) is 3.80. The van der Waals surface area contributed by atoms with Crippen LogP contribution in [0, 0.1) is 0 Å². The number of amides is 2. The van der Waals surface area contributed by atoms with E-state index in [4.69, 9.17) is 4.98 Å². The van der Waals surface area contributed by atoms with Crippen molar-refractivity contribution < 1.29 is 9.59 Å². The first kappa shape index (κ1) is 18.2. The normalized spacial score (nSPS) is 12.6. The smallest absolute Gasteiger partial charge is 0.256 e. The average molecular weight is 373 g/mol. The third kappa shape index (κ3) is 3.48. The molecule has 0 saturated heterocycles. The highest BCUT2D eigenvalue weighted by atomic mass is 16.2. The van der Waals surface area contributed by atoms with Crippen molar-refractivity contribution in [1.82, 2.24) is 9.88 Å². The number of nitrogens with zero attached hydrogens (tertiary/aromatic N) is 2. The van der Waals surface area contributed by atoms with E-state index >= 15 is 0 Å². The molecule has 0 fully saturated rings. The Balaban J connectivity index is 1.66. The second kappa shape index (κ2) is 7.43. The van der Waals surface area contributed by atoms with Gasteiger partial charge in [-0.1, -0.05) is 30.3 Å². The zero-order chi connectivity index (χ0) is 19.7. The fourth-order valence-electron chi connectivity index (χ4n) is 3.80. The van der Waals surface area contributed by atoms with Gasteiger partial charge in [-0.15, -0.1) is 0 Å². The van der Waals surface area contributed by atoms with Crippen LogP contribution in [0.4, 0.5) is 5.69 Å². The molecule has 1 N–H and O–H groups in total. The van der Waals surface area contributed by atoms with Gasteiger partial charge in [0.2, 0.25) is 5.91 Å². The maximum absolute atomic E-state index is 13.2. The van der Waals surface area contributed by atoms with Crippen molar-refractivity contribution in [3.05, 3.63) is 70.9 Å². The predicted octanol–water partition coefficient (Wildman–Crippen LogP) is 3.95. The lowest BCUT2D eigenvalue weighted by molar-refractivity contribution is -0.128. The molecule has 2 amide bonds. The number of carbonyl (C=O) groups excluding carboxylic acids is 2. The van der Waals surface area contributed by atoms with E-state index in [0.29, 0.717) is 6.54 Å². The van der Waals surface area contributed by atoms with E-state index in [1.54, 1.807) is 18.9 Å². The van der Waals surface area contributed by atoms with Crippen LogP contribution in [0.15, 0.2) is 48.5 Å². The summed E-state index contributed by atoms with van der Waals surface area (Å²) < 4.78 is 0. The summed E-state index contributed by atoms with van der Waals surface area (Å²) in [6.45, 7) is 2.05. The lowest BCUT2D eigenvalue weighted by Crippen LogP contribution is -2.23. The molecule has 0 saturated carbocycles. The van der Waals surface area contributed by atoms with Crippen molar-refractivity contribution in [3.63, 3.8) is 0 Å². The Hall–Kier alpha value is -3.21. The second-order valence-electron chi connectivity index (χ2n) is 7.31. The van der Waals surface area contributed by atoms with Gasteiger partial charge in [-0.25, -0.2) is 0 Å². The Morgan fingerprint density at radius 3 is 2.75 bits per heavy atom. The van der Waals surface area contributed by atoms with Crippen molar-refractivity contribution in [2.24, 2.45) is 0 Å². The molecule has 28 heavy (non-hydrogen) atoms. The molecule has 0 bridgehead atoms. The van der Waals surface area contributed by atoms with E-state index < -0.39 is 0 Å². The number of rotatable bonds is 4. The summed E-state index contributed by atoms with van der Waals surface area (Å²) in [5.74, 6) is -0.0953. The number of hydrogen-bond donors (Lipinski definition) is 1. The monoisotopic (exact) mass is 373 g/mol. The molecule has 142 valence electrons. The van der Waals surface area contributed by atoms with Gasteiger partial charge in [0, 0.05) is 37.3 Å². The molecular formula is C23H23N3O2. The van der Waals surface area contributed by atoms with Crippen LogP contribution < -0.4 is 5.32 Å². The molecule has 3 aromatic rings. The Morgan fingerprint density at radius 1 is 1.11 bits per heavy atom. The van der Waals surface area contributed by atoms with Crippen LogP contribution in [-0.4, -0.2) is 28.7 Å². The molecule has 1 heterocycles. The number of aromatic nitrogens is 1. The number of para-hydroxylation sites is 1. The van der Waals surface area contributed by atoms with Crippen LogP contribution in [0.3, 0.4) is 0 Å². The van der Waals surface area contributed by atoms with Crippen molar-refractivity contribution in [2.45, 2.75) is 32.7 Å². The van der Waals surface area contributed by atoms with Gasteiger partial charge in [0.05, 0.1) is 11.1 Å². The number of pyridine rings is 1. The first-order valence-corrected chi connectivity index (χ1v) is 9.55. The first-order chi connectivity index (χ1) is 13.5. The molecule has 0 atom stereocenters. The van der Waals surface area contributed by atoms with Crippen LogP contribution in [0.25, 0.3) is 10.9 Å². The van der Waals surface area contributed by atoms with Gasteiger partial charge in [0.1, 0.15) is 0 Å². The molecule has 2 aromatic carbocycles. The van der Waals surface area contributed by atoms with Crippen molar-refractivity contribution in [3.8, 4) is 0 Å². The van der Waals surface area contributed by atoms with Gasteiger partial charge < -0.3 is 10.2 Å². The Labute approximate surface area is 164 Å². The summed E-state index contributed by atoms with van der Waals surface area (Å²) in [5, 5.41) is 3.95. The zero-order valence-electron chi connectivity index (χ0n) is 16.2. The molecule has 0 spiro atoms. The van der Waals surface area contributed by atoms with Crippen LogP contribution in [0.2, 0.25) is 0 Å². The summed E-state index contributed by atoms with van der Waals surface area (Å²) in [7, 11) is 1.76. The van der Waals surface area contributed by atoms with Gasteiger partial charge in [-0.05, 0) is 48.6 Å². The van der Waals surface area contributed by atoms with Gasteiger partial charge in [-0.3, -0.25) is 14.6 Å². The number of aryl methyl sites for hydroxylation is 1. The van der Waals surface area contributed by atoms with Crippen LogP contribution in [-0.2, 0) is 24.2 Å². The van der Waals surface area contributed by atoms with E-state index in [1.165, 1.54) is 0 Å². The summed E-state index contributed by atoms with van der Waals surface area (Å²) in [6.07, 6.45) is 2.85. The lowest BCUT2D eigenvalue weighted by atomic mass is 10.0. The van der Waals surface area contributed by atoms with Crippen LogP contribution in [0.1, 0.15) is 40.5 Å². The minimum atomic E-state index is -0.103. The zero-order valence-corrected chi connectivity index (χ0v) is 16.2. The average Bonchev–Trinajstić information content (AvgIpc) is 3.14. The minimum Gasteiger partial charge on any atom is -0.342 e. The number of nitrogens with one attached hydrogen (secondary N) is 1. The largest absolute Gasteiger partial charge is 0.342 e. The van der Waals surface area contributed by atoms with Gasteiger partial charge in [0.15, 0.2) is 0 Å². The summed E-state index contributed by atoms with van der Waals surface area (Å²) in [4.78, 5) is 31.1. The Bertz CT molecular complexity index is 1070. The third-order valence-corrected chi connectivity index (χ3v) is 5.29. The molecule has 0 radical (unpaired) electrons. The second-order valence-corrected chi connectivity index (χ2v) is 7.31. The molecule has 1 aromatic heterocycles. The highest BCUT2D eigenvalue weighted by molar-refractivity contribution is 6.13. The van der Waals surface area contributed by atoms with Crippen molar-refractivity contribution >= 4 is 28.4 Å². The molecule has 1 aliphatic carbocycles. The van der Waals surface area contributed by atoms with Gasteiger partial charge in [0.25, 0.3) is 5.91 Å². The van der Waals surface area contributed by atoms with Crippen LogP contribution in [0.5, 0.6) is 0 Å². The molecule has 5 heteroatoms. The molecule has 0 aliphatic heterocycles. The summed E-state index contributed by atoms with van der Waals surface area (Å²) in [5.41, 5.74) is 5.42. The van der Waals surface area contributed by atoms with Crippen molar-refractivity contribution in [2.75, 3.05) is 12.4 Å².